The van der Waals surface area contributed by atoms with Crippen LogP contribution in [0.4, 0.5) is 4.79 Å². The number of nitrogens with zero attached hydrogens (tertiary/aromatic N) is 1. The predicted molar refractivity (Wildman–Crippen MR) is 117 cm³/mol. The Bertz CT molecular complexity index is 969. The standard InChI is InChI=1S/C24H27N3O5/c1-17-11-13-24(14-12-17)22(29)27(23(30)25-24)26-21(28)16-32-20-9-7-19(8-10-20)31-15-18-5-3-2-4-6-18/h2-10,17H,11-16H2,1H3,(H,25,30)(H,26,28). The van der Waals surface area contributed by atoms with Gasteiger partial charge < -0.3 is 14.8 Å². The Morgan fingerprint density at radius 1 is 1.03 bits per heavy atom. The minimum absolute atomic E-state index is 0.328. The van der Waals surface area contributed by atoms with Gasteiger partial charge in [0.05, 0.1) is 0 Å². The monoisotopic (exact) mass is 437 g/mol. The third-order valence-corrected chi connectivity index (χ3v) is 5.97. The molecule has 0 bridgehead atoms. The average molecular weight is 437 g/mol. The minimum atomic E-state index is -0.896. The molecular weight excluding hydrogens is 410 g/mol. The van der Waals surface area contributed by atoms with E-state index in [0.717, 1.165) is 23.4 Å². The molecular formula is C24H27N3O5. The maximum atomic E-state index is 12.8. The van der Waals surface area contributed by atoms with Gasteiger partial charge in [0, 0.05) is 0 Å². The van der Waals surface area contributed by atoms with Crippen molar-refractivity contribution in [2.45, 2.75) is 44.8 Å². The van der Waals surface area contributed by atoms with Gasteiger partial charge in [0.15, 0.2) is 6.61 Å². The van der Waals surface area contributed by atoms with Crippen LogP contribution in [0.3, 0.4) is 0 Å². The quantitative estimate of drug-likeness (QED) is 0.649. The molecule has 2 aliphatic rings. The molecule has 8 heteroatoms. The highest BCUT2D eigenvalue weighted by Crippen LogP contribution is 2.35. The number of hydrogen-bond acceptors (Lipinski definition) is 5. The summed E-state index contributed by atoms with van der Waals surface area (Å²) in [6, 6.07) is 16.1. The van der Waals surface area contributed by atoms with Crippen molar-refractivity contribution in [1.29, 1.82) is 0 Å². The molecule has 0 atom stereocenters. The van der Waals surface area contributed by atoms with Crippen molar-refractivity contribution in [2.75, 3.05) is 6.61 Å². The van der Waals surface area contributed by atoms with Crippen molar-refractivity contribution in [2.24, 2.45) is 5.92 Å². The largest absolute Gasteiger partial charge is 0.489 e. The SMILES string of the molecule is CC1CCC2(CC1)NC(=O)N(NC(=O)COc1ccc(OCc3ccccc3)cc1)C2=O. The van der Waals surface area contributed by atoms with Crippen LogP contribution in [-0.2, 0) is 16.2 Å². The molecule has 1 heterocycles. The fourth-order valence-corrected chi connectivity index (χ4v) is 3.99. The molecule has 8 nitrogen and oxygen atoms in total. The number of amides is 4. The summed E-state index contributed by atoms with van der Waals surface area (Å²) in [5.74, 6) is 0.693. The second-order valence-electron chi connectivity index (χ2n) is 8.40. The first-order valence-electron chi connectivity index (χ1n) is 10.8. The van der Waals surface area contributed by atoms with E-state index in [1.165, 1.54) is 0 Å². The molecule has 2 N–H and O–H groups in total. The Hall–Kier alpha value is -3.55. The van der Waals surface area contributed by atoms with Crippen LogP contribution in [0.1, 0.15) is 38.2 Å². The zero-order valence-corrected chi connectivity index (χ0v) is 18.0. The summed E-state index contributed by atoms with van der Waals surface area (Å²) in [5, 5.41) is 3.55. The lowest BCUT2D eigenvalue weighted by Gasteiger charge is -2.33. The highest BCUT2D eigenvalue weighted by Gasteiger charge is 2.52. The van der Waals surface area contributed by atoms with Gasteiger partial charge in [-0.2, -0.15) is 5.01 Å². The molecule has 0 unspecified atom stereocenters. The molecule has 32 heavy (non-hydrogen) atoms. The van der Waals surface area contributed by atoms with Crippen molar-refractivity contribution in [3.8, 4) is 11.5 Å². The zero-order chi connectivity index (χ0) is 22.6. The summed E-state index contributed by atoms with van der Waals surface area (Å²) >= 11 is 0. The van der Waals surface area contributed by atoms with Gasteiger partial charge in [-0.1, -0.05) is 37.3 Å². The second kappa shape index (κ2) is 9.30. The van der Waals surface area contributed by atoms with Crippen LogP contribution in [0.25, 0.3) is 0 Å². The van der Waals surface area contributed by atoms with E-state index in [0.29, 0.717) is 36.9 Å². The van der Waals surface area contributed by atoms with Gasteiger partial charge in [0.1, 0.15) is 23.6 Å². The number of benzene rings is 2. The van der Waals surface area contributed by atoms with E-state index in [2.05, 4.69) is 17.7 Å². The molecule has 2 fully saturated rings. The summed E-state index contributed by atoms with van der Waals surface area (Å²) in [6.07, 6.45) is 2.89. The second-order valence-corrected chi connectivity index (χ2v) is 8.40. The van der Waals surface area contributed by atoms with Crippen molar-refractivity contribution < 1.29 is 23.9 Å². The van der Waals surface area contributed by atoms with Crippen molar-refractivity contribution >= 4 is 17.8 Å². The van der Waals surface area contributed by atoms with Gasteiger partial charge in [-0.05, 0) is 61.4 Å². The number of nitrogens with one attached hydrogen (secondary N) is 2. The summed E-state index contributed by atoms with van der Waals surface area (Å²) < 4.78 is 11.2. The maximum absolute atomic E-state index is 12.8. The van der Waals surface area contributed by atoms with Crippen molar-refractivity contribution in [3.63, 3.8) is 0 Å². The fourth-order valence-electron chi connectivity index (χ4n) is 3.99. The number of carbonyl (C=O) groups is 3. The van der Waals surface area contributed by atoms with Crippen LogP contribution in [0.2, 0.25) is 0 Å². The predicted octanol–water partition coefficient (Wildman–Crippen LogP) is 3.18. The van der Waals surface area contributed by atoms with E-state index in [1.807, 2.05) is 30.3 Å². The minimum Gasteiger partial charge on any atom is -0.489 e. The molecule has 4 rings (SSSR count). The van der Waals surface area contributed by atoms with E-state index < -0.39 is 23.4 Å². The Kier molecular flexibility index (Phi) is 6.30. The van der Waals surface area contributed by atoms with Crippen LogP contribution in [-0.4, -0.2) is 35.0 Å². The van der Waals surface area contributed by atoms with Crippen LogP contribution < -0.4 is 20.2 Å². The Morgan fingerprint density at radius 2 is 1.66 bits per heavy atom. The number of carbonyl (C=O) groups excluding carboxylic acids is 3. The first-order chi connectivity index (χ1) is 15.4. The van der Waals surface area contributed by atoms with Gasteiger partial charge >= 0.3 is 6.03 Å². The highest BCUT2D eigenvalue weighted by atomic mass is 16.5. The van der Waals surface area contributed by atoms with Crippen molar-refractivity contribution in [1.82, 2.24) is 15.8 Å². The summed E-state index contributed by atoms with van der Waals surface area (Å²) in [7, 11) is 0. The molecule has 1 aliphatic heterocycles. The van der Waals surface area contributed by atoms with Crippen LogP contribution >= 0.6 is 0 Å². The van der Waals surface area contributed by atoms with Gasteiger partial charge in [-0.3, -0.25) is 15.0 Å². The smallest absolute Gasteiger partial charge is 0.344 e. The van der Waals surface area contributed by atoms with Gasteiger partial charge in [-0.15, -0.1) is 0 Å². The van der Waals surface area contributed by atoms with Gasteiger partial charge in [-0.25, -0.2) is 4.79 Å². The lowest BCUT2D eigenvalue weighted by molar-refractivity contribution is -0.140. The number of urea groups is 1. The summed E-state index contributed by atoms with van der Waals surface area (Å²) in [6.45, 7) is 2.26. The van der Waals surface area contributed by atoms with Gasteiger partial charge in [0.2, 0.25) is 0 Å². The van der Waals surface area contributed by atoms with Crippen molar-refractivity contribution in [3.05, 3.63) is 60.2 Å². The van der Waals surface area contributed by atoms with Crippen LogP contribution in [0, 0.1) is 5.92 Å². The van der Waals surface area contributed by atoms with Crippen LogP contribution in [0.15, 0.2) is 54.6 Å². The maximum Gasteiger partial charge on any atom is 0.344 e. The van der Waals surface area contributed by atoms with Crippen LogP contribution in [0.5, 0.6) is 11.5 Å². The number of imide groups is 1. The molecule has 1 saturated heterocycles. The Labute approximate surface area is 186 Å². The molecule has 1 aliphatic carbocycles. The van der Waals surface area contributed by atoms with E-state index >= 15 is 0 Å². The molecule has 1 saturated carbocycles. The fraction of sp³-hybridized carbons (Fsp3) is 0.375. The molecule has 0 radical (unpaired) electrons. The van der Waals surface area contributed by atoms with E-state index in [4.69, 9.17) is 9.47 Å². The zero-order valence-electron chi connectivity index (χ0n) is 18.0. The summed E-state index contributed by atoms with van der Waals surface area (Å²) in [5.41, 5.74) is 2.53. The number of hydrogen-bond donors (Lipinski definition) is 2. The van der Waals surface area contributed by atoms with E-state index in [-0.39, 0.29) is 6.61 Å². The third-order valence-electron chi connectivity index (χ3n) is 5.97. The number of hydrazine groups is 1. The first-order valence-corrected chi connectivity index (χ1v) is 10.8. The highest BCUT2D eigenvalue weighted by molar-refractivity contribution is 6.08. The molecule has 2 aromatic rings. The number of rotatable bonds is 7. The third kappa shape index (κ3) is 4.85. The van der Waals surface area contributed by atoms with Gasteiger partial charge in [0.25, 0.3) is 11.8 Å². The normalized spacial score (nSPS) is 22.5. The molecule has 4 amide bonds. The van der Waals surface area contributed by atoms with E-state index in [9.17, 15) is 14.4 Å². The Balaban J connectivity index is 1.25. The van der Waals surface area contributed by atoms with E-state index in [1.54, 1.807) is 24.3 Å². The Morgan fingerprint density at radius 3 is 2.31 bits per heavy atom. The summed E-state index contributed by atoms with van der Waals surface area (Å²) in [4.78, 5) is 37.3. The number of ether oxygens (including phenoxy) is 2. The lowest BCUT2D eigenvalue weighted by Crippen LogP contribution is -2.52. The molecule has 2 aromatic carbocycles. The molecule has 168 valence electrons. The first kappa shape index (κ1) is 21.7. The average Bonchev–Trinajstić information content (AvgIpc) is 3.04. The topological polar surface area (TPSA) is 97.0 Å². The molecule has 0 aromatic heterocycles. The molecule has 1 spiro atoms. The lowest BCUT2D eigenvalue weighted by atomic mass is 9.77.